The minimum absolute atomic E-state index is 0.0303. The fourth-order valence-electron chi connectivity index (χ4n) is 1.82. The minimum atomic E-state index is -0.288. The van der Waals surface area contributed by atoms with Gasteiger partial charge in [0, 0.05) is 13.2 Å². The molecule has 1 amide bonds. The second-order valence-electron chi connectivity index (χ2n) is 4.65. The van der Waals surface area contributed by atoms with Crippen molar-refractivity contribution in [3.63, 3.8) is 0 Å². The van der Waals surface area contributed by atoms with Crippen molar-refractivity contribution in [2.75, 3.05) is 27.2 Å². The summed E-state index contributed by atoms with van der Waals surface area (Å²) in [5.74, 6) is -0.0303. The number of amides is 1. The van der Waals surface area contributed by atoms with E-state index in [1.165, 1.54) is 5.56 Å². The Bertz CT molecular complexity index is 374. The molecule has 0 aromatic heterocycles. The first kappa shape index (κ1) is 14.7. The van der Waals surface area contributed by atoms with Crippen LogP contribution in [0, 0.1) is 6.92 Å². The number of aliphatic hydroxyl groups is 1. The number of aliphatic hydroxyl groups excluding tert-OH is 1. The number of aryl methyl sites for hydroxylation is 1. The first-order valence-electron chi connectivity index (χ1n) is 6.18. The largest absolute Gasteiger partial charge is 0.396 e. The maximum Gasteiger partial charge on any atom is 0.241 e. The molecule has 18 heavy (non-hydrogen) atoms. The molecule has 0 spiro atoms. The number of carbonyl (C=O) groups excluding carboxylic acids is 1. The quantitative estimate of drug-likeness (QED) is 0.743. The zero-order valence-corrected chi connectivity index (χ0v) is 11.3. The molecule has 0 aliphatic heterocycles. The van der Waals surface area contributed by atoms with Crippen LogP contribution < -0.4 is 5.32 Å². The summed E-state index contributed by atoms with van der Waals surface area (Å²) in [7, 11) is 3.77. The highest BCUT2D eigenvalue weighted by Gasteiger charge is 2.22. The fourth-order valence-corrected chi connectivity index (χ4v) is 1.82. The second kappa shape index (κ2) is 7.13. The highest BCUT2D eigenvalue weighted by atomic mass is 16.3. The van der Waals surface area contributed by atoms with Crippen molar-refractivity contribution in [3.8, 4) is 0 Å². The molecule has 4 nitrogen and oxygen atoms in total. The van der Waals surface area contributed by atoms with Gasteiger partial charge in [-0.2, -0.15) is 0 Å². The third-order valence-corrected chi connectivity index (χ3v) is 2.79. The van der Waals surface area contributed by atoms with Gasteiger partial charge in [0.25, 0.3) is 0 Å². The monoisotopic (exact) mass is 250 g/mol. The number of nitrogens with zero attached hydrogens (tertiary/aromatic N) is 1. The second-order valence-corrected chi connectivity index (χ2v) is 4.65. The van der Waals surface area contributed by atoms with Crippen molar-refractivity contribution in [1.29, 1.82) is 0 Å². The van der Waals surface area contributed by atoms with Crippen LogP contribution in [0.25, 0.3) is 0 Å². The lowest BCUT2D eigenvalue weighted by Crippen LogP contribution is -2.37. The zero-order valence-electron chi connectivity index (χ0n) is 11.3. The summed E-state index contributed by atoms with van der Waals surface area (Å²) in [6.07, 6.45) is 0.583. The summed E-state index contributed by atoms with van der Waals surface area (Å²) in [5.41, 5.74) is 2.16. The van der Waals surface area contributed by atoms with E-state index in [0.717, 1.165) is 5.56 Å². The fraction of sp³-hybridized carbons (Fsp3) is 0.500. The van der Waals surface area contributed by atoms with Gasteiger partial charge in [-0.15, -0.1) is 0 Å². The maximum atomic E-state index is 12.1. The van der Waals surface area contributed by atoms with Crippen LogP contribution in [0.2, 0.25) is 0 Å². The summed E-state index contributed by atoms with van der Waals surface area (Å²) >= 11 is 0. The average Bonchev–Trinajstić information content (AvgIpc) is 2.32. The molecule has 4 heteroatoms. The Morgan fingerprint density at radius 1 is 1.33 bits per heavy atom. The Balaban J connectivity index is 2.76. The number of nitrogens with one attached hydrogen (secondary N) is 1. The molecule has 0 saturated heterocycles. The van der Waals surface area contributed by atoms with Gasteiger partial charge in [-0.1, -0.05) is 29.8 Å². The van der Waals surface area contributed by atoms with E-state index in [4.69, 9.17) is 5.11 Å². The number of carbonyl (C=O) groups is 1. The third-order valence-electron chi connectivity index (χ3n) is 2.79. The number of hydrogen-bond acceptors (Lipinski definition) is 3. The van der Waals surface area contributed by atoms with Gasteiger partial charge in [0.05, 0.1) is 0 Å². The van der Waals surface area contributed by atoms with Gasteiger partial charge in [-0.05, 0) is 33.0 Å². The first-order valence-corrected chi connectivity index (χ1v) is 6.18. The van der Waals surface area contributed by atoms with Crippen LogP contribution >= 0.6 is 0 Å². The van der Waals surface area contributed by atoms with E-state index in [1.54, 1.807) is 0 Å². The van der Waals surface area contributed by atoms with E-state index in [0.29, 0.717) is 13.0 Å². The molecule has 0 unspecified atom stereocenters. The number of likely N-dealkylation sites (N-methyl/N-ethyl adjacent to an activating group) is 1. The number of benzene rings is 1. The molecule has 0 saturated carbocycles. The zero-order chi connectivity index (χ0) is 13.5. The van der Waals surface area contributed by atoms with Crippen molar-refractivity contribution in [3.05, 3.63) is 35.4 Å². The highest BCUT2D eigenvalue weighted by molar-refractivity contribution is 5.83. The van der Waals surface area contributed by atoms with E-state index in [9.17, 15) is 4.79 Å². The molecule has 1 aromatic carbocycles. The summed E-state index contributed by atoms with van der Waals surface area (Å²) in [4.78, 5) is 14.0. The van der Waals surface area contributed by atoms with Crippen molar-refractivity contribution < 1.29 is 9.90 Å². The van der Waals surface area contributed by atoms with Gasteiger partial charge < -0.3 is 10.4 Å². The third kappa shape index (κ3) is 4.13. The van der Waals surface area contributed by atoms with Gasteiger partial charge in [0.15, 0.2) is 0 Å². The Kier molecular flexibility index (Phi) is 5.82. The van der Waals surface area contributed by atoms with Gasteiger partial charge in [-0.25, -0.2) is 0 Å². The van der Waals surface area contributed by atoms with E-state index in [1.807, 2.05) is 50.2 Å². The summed E-state index contributed by atoms with van der Waals surface area (Å²) in [6, 6.07) is 7.68. The van der Waals surface area contributed by atoms with Crippen LogP contribution in [0.5, 0.6) is 0 Å². The molecular formula is C14H22N2O2. The number of rotatable bonds is 6. The molecule has 2 N–H and O–H groups in total. The van der Waals surface area contributed by atoms with Crippen LogP contribution in [0.15, 0.2) is 24.3 Å². The summed E-state index contributed by atoms with van der Waals surface area (Å²) < 4.78 is 0. The number of hydrogen-bond donors (Lipinski definition) is 2. The molecule has 1 atom stereocenters. The molecule has 0 bridgehead atoms. The smallest absolute Gasteiger partial charge is 0.241 e. The highest BCUT2D eigenvalue weighted by Crippen LogP contribution is 2.18. The van der Waals surface area contributed by atoms with Gasteiger partial charge in [0.1, 0.15) is 6.04 Å². The predicted octanol–water partition coefficient (Wildman–Crippen LogP) is 1.10. The lowest BCUT2D eigenvalue weighted by molar-refractivity contribution is -0.125. The van der Waals surface area contributed by atoms with Gasteiger partial charge >= 0.3 is 0 Å². The first-order chi connectivity index (χ1) is 8.56. The summed E-state index contributed by atoms with van der Waals surface area (Å²) in [5, 5.41) is 11.6. The van der Waals surface area contributed by atoms with E-state index in [2.05, 4.69) is 5.32 Å². The molecular weight excluding hydrogens is 228 g/mol. The Hall–Kier alpha value is -1.39. The lowest BCUT2D eigenvalue weighted by atomic mass is 10.0. The Labute approximate surface area is 109 Å². The lowest BCUT2D eigenvalue weighted by Gasteiger charge is -2.24. The molecule has 0 heterocycles. The SMILES string of the molecule is Cc1ccc([C@H](C(=O)NCCCO)N(C)C)cc1. The van der Waals surface area contributed by atoms with E-state index in [-0.39, 0.29) is 18.6 Å². The van der Waals surface area contributed by atoms with Crippen LogP contribution in [-0.2, 0) is 4.79 Å². The maximum absolute atomic E-state index is 12.1. The van der Waals surface area contributed by atoms with Crippen molar-refractivity contribution in [2.24, 2.45) is 0 Å². The molecule has 0 aliphatic rings. The molecule has 1 rings (SSSR count). The van der Waals surface area contributed by atoms with Gasteiger partial charge in [0.2, 0.25) is 5.91 Å². The van der Waals surface area contributed by atoms with Crippen LogP contribution in [0.4, 0.5) is 0 Å². The molecule has 1 aromatic rings. The standard InChI is InChI=1S/C14H22N2O2/c1-11-5-7-12(8-6-11)13(16(2)3)14(18)15-9-4-10-17/h5-8,13,17H,4,9-10H2,1-3H3,(H,15,18)/t13-/m1/s1. The molecule has 0 radical (unpaired) electrons. The summed E-state index contributed by atoms with van der Waals surface area (Å²) in [6.45, 7) is 2.62. The normalized spacial score (nSPS) is 12.5. The molecule has 0 fully saturated rings. The average molecular weight is 250 g/mol. The topological polar surface area (TPSA) is 52.6 Å². The molecule has 0 aliphatic carbocycles. The van der Waals surface area contributed by atoms with Crippen LogP contribution in [0.3, 0.4) is 0 Å². The van der Waals surface area contributed by atoms with Crippen LogP contribution in [-0.4, -0.2) is 43.2 Å². The van der Waals surface area contributed by atoms with Crippen molar-refractivity contribution >= 4 is 5.91 Å². The minimum Gasteiger partial charge on any atom is -0.396 e. The van der Waals surface area contributed by atoms with Crippen molar-refractivity contribution in [2.45, 2.75) is 19.4 Å². The van der Waals surface area contributed by atoms with E-state index < -0.39 is 0 Å². The van der Waals surface area contributed by atoms with E-state index >= 15 is 0 Å². The Morgan fingerprint density at radius 2 is 1.94 bits per heavy atom. The van der Waals surface area contributed by atoms with Crippen molar-refractivity contribution in [1.82, 2.24) is 10.2 Å². The predicted molar refractivity (Wildman–Crippen MR) is 72.3 cm³/mol. The Morgan fingerprint density at radius 3 is 2.44 bits per heavy atom. The van der Waals surface area contributed by atoms with Gasteiger partial charge in [-0.3, -0.25) is 9.69 Å². The molecule has 100 valence electrons. The van der Waals surface area contributed by atoms with Crippen LogP contribution in [0.1, 0.15) is 23.6 Å².